The average molecular weight is 549 g/mol. The highest BCUT2D eigenvalue weighted by molar-refractivity contribution is 6.23. The van der Waals surface area contributed by atoms with Crippen LogP contribution in [0.3, 0.4) is 0 Å². The van der Waals surface area contributed by atoms with Crippen molar-refractivity contribution < 1.29 is 33.6 Å². The maximum absolute atomic E-state index is 12.7. The minimum atomic E-state index is -0.601. The lowest BCUT2D eigenvalue weighted by atomic mass is 9.70. The van der Waals surface area contributed by atoms with Crippen LogP contribution in [0.2, 0.25) is 0 Å². The van der Waals surface area contributed by atoms with Gasteiger partial charge in [0.1, 0.15) is 5.78 Å². The lowest BCUT2D eigenvalue weighted by molar-refractivity contribution is -0.122. The molecule has 218 valence electrons. The fraction of sp³-hybridized carbons (Fsp3) is 0.643. The molecule has 0 bridgehead atoms. The molecule has 0 aliphatic heterocycles. The SMILES string of the molecule is CC(=N)C1C(=O)CC(C)(C)CC1=Nc1ccc(C(N)=O)c(NCCCOCCOCCOCCOCCO)c1. The van der Waals surface area contributed by atoms with E-state index in [4.69, 9.17) is 40.2 Å². The summed E-state index contributed by atoms with van der Waals surface area (Å²) < 4.78 is 21.5. The Kier molecular flexibility index (Phi) is 14.2. The second kappa shape index (κ2) is 17.1. The van der Waals surface area contributed by atoms with Crippen molar-refractivity contribution in [2.75, 3.05) is 71.3 Å². The van der Waals surface area contributed by atoms with Crippen LogP contribution in [0.25, 0.3) is 0 Å². The van der Waals surface area contributed by atoms with Crippen LogP contribution >= 0.6 is 0 Å². The molecular weight excluding hydrogens is 504 g/mol. The number of amides is 1. The third-order valence-electron chi connectivity index (χ3n) is 6.07. The number of carbonyl (C=O) groups is 2. The average Bonchev–Trinajstić information content (AvgIpc) is 2.85. The Hall–Kier alpha value is -2.70. The molecule has 0 heterocycles. The number of nitrogens with one attached hydrogen (secondary N) is 2. The first kappa shape index (κ1) is 32.5. The van der Waals surface area contributed by atoms with Crippen LogP contribution < -0.4 is 11.1 Å². The molecule has 1 fully saturated rings. The van der Waals surface area contributed by atoms with E-state index in [1.54, 1.807) is 25.1 Å². The van der Waals surface area contributed by atoms with Crippen LogP contribution in [-0.4, -0.2) is 94.2 Å². The van der Waals surface area contributed by atoms with Crippen LogP contribution in [-0.2, 0) is 23.7 Å². The molecule has 5 N–H and O–H groups in total. The third kappa shape index (κ3) is 11.9. The van der Waals surface area contributed by atoms with Crippen LogP contribution in [0.4, 0.5) is 11.4 Å². The van der Waals surface area contributed by atoms with E-state index in [0.717, 1.165) is 0 Å². The van der Waals surface area contributed by atoms with Gasteiger partial charge < -0.3 is 40.5 Å². The van der Waals surface area contributed by atoms with Crippen molar-refractivity contribution in [1.29, 1.82) is 5.41 Å². The van der Waals surface area contributed by atoms with Gasteiger partial charge in [0.2, 0.25) is 0 Å². The predicted octanol–water partition coefficient (Wildman–Crippen LogP) is 2.76. The fourth-order valence-corrected chi connectivity index (χ4v) is 4.36. The van der Waals surface area contributed by atoms with Crippen molar-refractivity contribution in [3.63, 3.8) is 0 Å². The van der Waals surface area contributed by atoms with Crippen molar-refractivity contribution in [3.05, 3.63) is 23.8 Å². The van der Waals surface area contributed by atoms with Gasteiger partial charge in [0.15, 0.2) is 0 Å². The number of aliphatic imine (C=N–C) groups is 1. The predicted molar refractivity (Wildman–Crippen MR) is 150 cm³/mol. The molecule has 0 spiro atoms. The van der Waals surface area contributed by atoms with Gasteiger partial charge >= 0.3 is 0 Å². The Morgan fingerprint density at radius 2 is 1.64 bits per heavy atom. The summed E-state index contributed by atoms with van der Waals surface area (Å²) in [4.78, 5) is 29.4. The summed E-state index contributed by atoms with van der Waals surface area (Å²) in [6, 6.07) is 5.09. The number of anilines is 1. The first-order valence-corrected chi connectivity index (χ1v) is 13.4. The number of hydrogen-bond acceptors (Lipinski definition) is 10. The third-order valence-corrected chi connectivity index (χ3v) is 6.07. The Morgan fingerprint density at radius 3 is 2.21 bits per heavy atom. The second-order valence-electron chi connectivity index (χ2n) is 10.3. The van der Waals surface area contributed by atoms with E-state index >= 15 is 0 Å². The van der Waals surface area contributed by atoms with E-state index in [1.165, 1.54) is 0 Å². The Labute approximate surface area is 230 Å². The summed E-state index contributed by atoms with van der Waals surface area (Å²) in [6.45, 7) is 9.85. The molecule has 1 aromatic rings. The number of Topliss-reactive ketones (excluding diaryl/α,β-unsaturated/α-hetero) is 1. The summed E-state index contributed by atoms with van der Waals surface area (Å²) >= 11 is 0. The van der Waals surface area contributed by atoms with Gasteiger partial charge in [0.05, 0.1) is 70.0 Å². The summed E-state index contributed by atoms with van der Waals surface area (Å²) in [7, 11) is 0. The number of nitrogens with two attached hydrogens (primary N) is 1. The maximum atomic E-state index is 12.7. The molecule has 1 unspecified atom stereocenters. The normalized spacial score (nSPS) is 17.9. The standard InChI is InChI=1S/C28H44N4O7/c1-20(29)26-24(18-28(2,3)19-25(26)34)32-21-5-6-22(27(30)35)23(17-21)31-7-4-9-36-11-13-38-15-16-39-14-12-37-10-8-33/h5-6,17,26,29,31,33H,4,7-16,18-19H2,1-3H3,(H2,30,35). The van der Waals surface area contributed by atoms with Crippen LogP contribution in [0.1, 0.15) is 50.4 Å². The number of ketones is 1. The van der Waals surface area contributed by atoms with Gasteiger partial charge in [-0.3, -0.25) is 14.6 Å². The minimum Gasteiger partial charge on any atom is -0.394 e. The number of ether oxygens (including phenoxy) is 4. The van der Waals surface area contributed by atoms with Crippen LogP contribution in [0.15, 0.2) is 23.2 Å². The fourth-order valence-electron chi connectivity index (χ4n) is 4.36. The van der Waals surface area contributed by atoms with E-state index in [-0.39, 0.29) is 17.8 Å². The Bertz CT molecular complexity index is 981. The molecule has 39 heavy (non-hydrogen) atoms. The van der Waals surface area contributed by atoms with Gasteiger partial charge in [0.25, 0.3) is 5.91 Å². The first-order valence-electron chi connectivity index (χ1n) is 13.4. The van der Waals surface area contributed by atoms with Crippen molar-refractivity contribution in [2.24, 2.45) is 22.1 Å². The monoisotopic (exact) mass is 548 g/mol. The molecule has 1 aliphatic carbocycles. The topological polar surface area (TPSA) is 166 Å². The Morgan fingerprint density at radius 1 is 1.05 bits per heavy atom. The number of carbonyl (C=O) groups excluding carboxylic acids is 2. The van der Waals surface area contributed by atoms with Crippen LogP contribution in [0.5, 0.6) is 0 Å². The molecule has 1 atom stereocenters. The number of aliphatic hydroxyl groups excluding tert-OH is 1. The number of benzene rings is 1. The largest absolute Gasteiger partial charge is 0.394 e. The molecule has 0 radical (unpaired) electrons. The molecule has 1 aromatic carbocycles. The van der Waals surface area contributed by atoms with E-state index in [2.05, 4.69) is 5.32 Å². The smallest absolute Gasteiger partial charge is 0.250 e. The number of primary amides is 1. The summed E-state index contributed by atoms with van der Waals surface area (Å²) in [5, 5.41) is 20.0. The van der Waals surface area contributed by atoms with E-state index in [0.29, 0.717) is 107 Å². The van der Waals surface area contributed by atoms with Crippen molar-refractivity contribution in [1.82, 2.24) is 0 Å². The van der Waals surface area contributed by atoms with Crippen LogP contribution in [0, 0.1) is 16.7 Å². The van der Waals surface area contributed by atoms with Gasteiger partial charge in [0, 0.05) is 36.7 Å². The highest BCUT2D eigenvalue weighted by Crippen LogP contribution is 2.36. The zero-order chi connectivity index (χ0) is 28.7. The highest BCUT2D eigenvalue weighted by Gasteiger charge is 2.39. The Balaban J connectivity index is 1.79. The van der Waals surface area contributed by atoms with Gasteiger partial charge in [-0.05, 0) is 43.4 Å². The molecule has 1 saturated carbocycles. The molecule has 0 saturated heterocycles. The second-order valence-corrected chi connectivity index (χ2v) is 10.3. The molecule has 1 aliphatic rings. The van der Waals surface area contributed by atoms with Gasteiger partial charge in [-0.15, -0.1) is 0 Å². The lowest BCUT2D eigenvalue weighted by Crippen LogP contribution is -2.40. The highest BCUT2D eigenvalue weighted by atomic mass is 16.6. The van der Waals surface area contributed by atoms with Crippen molar-refractivity contribution in [3.8, 4) is 0 Å². The summed E-state index contributed by atoms with van der Waals surface area (Å²) in [5.74, 6) is -1.13. The quantitative estimate of drug-likeness (QED) is 0.151. The zero-order valence-electron chi connectivity index (χ0n) is 23.4. The first-order chi connectivity index (χ1) is 18.6. The van der Waals surface area contributed by atoms with E-state index < -0.39 is 11.8 Å². The summed E-state index contributed by atoms with van der Waals surface area (Å²) in [5.41, 5.74) is 7.85. The molecule has 11 heteroatoms. The molecular formula is C28H44N4O7. The molecule has 1 amide bonds. The number of rotatable bonds is 19. The zero-order valence-corrected chi connectivity index (χ0v) is 23.4. The van der Waals surface area contributed by atoms with Crippen molar-refractivity contribution in [2.45, 2.75) is 40.0 Å². The lowest BCUT2D eigenvalue weighted by Gasteiger charge is -2.34. The molecule has 2 rings (SSSR count). The number of hydrogen-bond donors (Lipinski definition) is 4. The number of nitrogens with zero attached hydrogens (tertiary/aromatic N) is 1. The van der Waals surface area contributed by atoms with Gasteiger partial charge in [-0.1, -0.05) is 13.8 Å². The number of aliphatic hydroxyl groups is 1. The van der Waals surface area contributed by atoms with Crippen molar-refractivity contribution >= 4 is 34.5 Å². The van der Waals surface area contributed by atoms with Gasteiger partial charge in [-0.2, -0.15) is 0 Å². The minimum absolute atomic E-state index is 0.00637. The van der Waals surface area contributed by atoms with E-state index in [9.17, 15) is 9.59 Å². The summed E-state index contributed by atoms with van der Waals surface area (Å²) in [6.07, 6.45) is 1.74. The molecule has 0 aromatic heterocycles. The maximum Gasteiger partial charge on any atom is 0.250 e. The van der Waals surface area contributed by atoms with E-state index in [1.807, 2.05) is 13.8 Å². The molecule has 11 nitrogen and oxygen atoms in total. The van der Waals surface area contributed by atoms with Gasteiger partial charge in [-0.25, -0.2) is 0 Å².